The molecule has 0 bridgehead atoms. The van der Waals surface area contributed by atoms with Gasteiger partial charge in [-0.3, -0.25) is 4.79 Å². The second-order valence-corrected chi connectivity index (χ2v) is 4.35. The highest BCUT2D eigenvalue weighted by molar-refractivity contribution is 7.12. The fourth-order valence-electron chi connectivity index (χ4n) is 1.36. The van der Waals surface area contributed by atoms with Gasteiger partial charge in [0, 0.05) is 6.42 Å². The molecule has 0 aliphatic heterocycles. The number of ketones is 1. The summed E-state index contributed by atoms with van der Waals surface area (Å²) in [5.41, 5.74) is 1.12. The number of aryl methyl sites for hydroxylation is 2. The molecule has 15 heavy (non-hydrogen) atoms. The first kappa shape index (κ1) is 10.2. The van der Waals surface area contributed by atoms with Crippen LogP contribution in [0, 0.1) is 6.92 Å². The largest absolute Gasteiger partial charge is 0.458 e. The van der Waals surface area contributed by atoms with Crippen molar-refractivity contribution in [3.05, 3.63) is 45.5 Å². The summed E-state index contributed by atoms with van der Waals surface area (Å²) in [4.78, 5) is 12.6. The molecule has 3 heteroatoms. The highest BCUT2D eigenvalue weighted by Crippen LogP contribution is 2.19. The molecule has 0 amide bonds. The minimum atomic E-state index is -0.0206. The average molecular weight is 220 g/mol. The third-order valence-corrected chi connectivity index (χ3v) is 3.24. The van der Waals surface area contributed by atoms with Crippen LogP contribution in [-0.2, 0) is 6.42 Å². The van der Waals surface area contributed by atoms with Crippen molar-refractivity contribution in [1.29, 1.82) is 0 Å². The second-order valence-electron chi connectivity index (χ2n) is 3.44. The second kappa shape index (κ2) is 4.03. The van der Waals surface area contributed by atoms with E-state index in [1.807, 2.05) is 31.4 Å². The highest BCUT2D eigenvalue weighted by Gasteiger charge is 2.14. The standard InChI is InChI=1S/C12H12O2S/c1-3-9-4-5-10(14-9)12(13)11-6-8(2)7-15-11/h4-7H,3H2,1-2H3. The molecule has 0 aromatic carbocycles. The van der Waals surface area contributed by atoms with E-state index >= 15 is 0 Å². The molecule has 0 saturated heterocycles. The fourth-order valence-corrected chi connectivity index (χ4v) is 2.20. The van der Waals surface area contributed by atoms with E-state index in [0.717, 1.165) is 22.6 Å². The predicted octanol–water partition coefficient (Wildman–Crippen LogP) is 3.44. The van der Waals surface area contributed by atoms with E-state index in [2.05, 4.69) is 0 Å². The maximum Gasteiger partial charge on any atom is 0.238 e. The molecule has 2 heterocycles. The van der Waals surface area contributed by atoms with Crippen molar-refractivity contribution in [3.8, 4) is 0 Å². The van der Waals surface area contributed by atoms with Crippen LogP contribution in [-0.4, -0.2) is 5.78 Å². The monoisotopic (exact) mass is 220 g/mol. The zero-order valence-electron chi connectivity index (χ0n) is 8.74. The van der Waals surface area contributed by atoms with Gasteiger partial charge in [0.1, 0.15) is 5.76 Å². The van der Waals surface area contributed by atoms with Crippen molar-refractivity contribution in [1.82, 2.24) is 0 Å². The molecule has 0 N–H and O–H groups in total. The van der Waals surface area contributed by atoms with Crippen molar-refractivity contribution in [2.45, 2.75) is 20.3 Å². The summed E-state index contributed by atoms with van der Waals surface area (Å²) in [5, 5.41) is 1.97. The van der Waals surface area contributed by atoms with E-state index < -0.39 is 0 Å². The topological polar surface area (TPSA) is 30.2 Å². The van der Waals surface area contributed by atoms with Gasteiger partial charge in [0.2, 0.25) is 5.78 Å². The summed E-state index contributed by atoms with van der Waals surface area (Å²) in [6, 6.07) is 5.49. The van der Waals surface area contributed by atoms with Gasteiger partial charge >= 0.3 is 0 Å². The summed E-state index contributed by atoms with van der Waals surface area (Å²) >= 11 is 1.46. The molecule has 0 radical (unpaired) electrons. The van der Waals surface area contributed by atoms with E-state index in [1.54, 1.807) is 6.07 Å². The van der Waals surface area contributed by atoms with E-state index in [1.165, 1.54) is 11.3 Å². The molecule has 2 rings (SSSR count). The Hall–Kier alpha value is -1.35. The fraction of sp³-hybridized carbons (Fsp3) is 0.250. The van der Waals surface area contributed by atoms with Crippen LogP contribution in [0.1, 0.15) is 33.7 Å². The Bertz CT molecular complexity index is 479. The molecular weight excluding hydrogens is 208 g/mol. The highest BCUT2D eigenvalue weighted by atomic mass is 32.1. The quantitative estimate of drug-likeness (QED) is 0.742. The van der Waals surface area contributed by atoms with Crippen molar-refractivity contribution in [2.75, 3.05) is 0 Å². The zero-order valence-corrected chi connectivity index (χ0v) is 9.56. The Labute approximate surface area is 92.5 Å². The van der Waals surface area contributed by atoms with Gasteiger partial charge in [0.05, 0.1) is 4.88 Å². The Balaban J connectivity index is 2.28. The molecule has 0 spiro atoms. The number of hydrogen-bond donors (Lipinski definition) is 0. The lowest BCUT2D eigenvalue weighted by Gasteiger charge is -1.92. The summed E-state index contributed by atoms with van der Waals surface area (Å²) in [6.07, 6.45) is 0.816. The van der Waals surface area contributed by atoms with E-state index in [9.17, 15) is 4.79 Å². The molecule has 0 aliphatic rings. The van der Waals surface area contributed by atoms with Gasteiger partial charge < -0.3 is 4.42 Å². The average Bonchev–Trinajstić information content (AvgIpc) is 2.84. The third kappa shape index (κ3) is 2.02. The van der Waals surface area contributed by atoms with Crippen LogP contribution in [0.2, 0.25) is 0 Å². The molecule has 0 aliphatic carbocycles. The third-order valence-electron chi connectivity index (χ3n) is 2.19. The van der Waals surface area contributed by atoms with Crippen molar-refractivity contribution >= 4 is 17.1 Å². The molecule has 2 aromatic heterocycles. The van der Waals surface area contributed by atoms with Gasteiger partial charge in [0.25, 0.3) is 0 Å². The number of hydrogen-bond acceptors (Lipinski definition) is 3. The maximum atomic E-state index is 11.9. The summed E-state index contributed by atoms with van der Waals surface area (Å²) in [7, 11) is 0. The SMILES string of the molecule is CCc1ccc(C(=O)c2cc(C)cs2)o1. The van der Waals surface area contributed by atoms with Gasteiger partial charge in [-0.25, -0.2) is 0 Å². The first-order chi connectivity index (χ1) is 7.20. The Morgan fingerprint density at radius 3 is 2.80 bits per heavy atom. The van der Waals surface area contributed by atoms with Crippen molar-refractivity contribution in [2.24, 2.45) is 0 Å². The smallest absolute Gasteiger partial charge is 0.238 e. The Morgan fingerprint density at radius 2 is 2.27 bits per heavy atom. The summed E-state index contributed by atoms with van der Waals surface area (Å²) in [6.45, 7) is 3.98. The molecular formula is C12H12O2S. The normalized spacial score (nSPS) is 10.5. The van der Waals surface area contributed by atoms with Gasteiger partial charge in [0.15, 0.2) is 5.76 Å². The van der Waals surface area contributed by atoms with Crippen molar-refractivity contribution < 1.29 is 9.21 Å². The minimum Gasteiger partial charge on any atom is -0.458 e. The summed E-state index contributed by atoms with van der Waals surface area (Å²) < 4.78 is 5.42. The van der Waals surface area contributed by atoms with E-state index in [0.29, 0.717) is 5.76 Å². The lowest BCUT2D eigenvalue weighted by atomic mass is 10.2. The summed E-state index contributed by atoms with van der Waals surface area (Å²) in [5.74, 6) is 1.27. The first-order valence-electron chi connectivity index (χ1n) is 4.89. The van der Waals surface area contributed by atoms with E-state index in [4.69, 9.17) is 4.42 Å². The molecule has 2 aromatic rings. The first-order valence-corrected chi connectivity index (χ1v) is 5.77. The molecule has 0 saturated carbocycles. The number of furan rings is 1. The Morgan fingerprint density at radius 1 is 1.47 bits per heavy atom. The molecule has 0 unspecified atom stereocenters. The predicted molar refractivity (Wildman–Crippen MR) is 60.6 cm³/mol. The van der Waals surface area contributed by atoms with Crippen LogP contribution >= 0.6 is 11.3 Å². The van der Waals surface area contributed by atoms with Crippen LogP contribution in [0.25, 0.3) is 0 Å². The maximum absolute atomic E-state index is 11.9. The Kier molecular flexibility index (Phi) is 2.73. The molecule has 0 fully saturated rings. The van der Waals surface area contributed by atoms with Crippen LogP contribution in [0.4, 0.5) is 0 Å². The van der Waals surface area contributed by atoms with Gasteiger partial charge in [-0.1, -0.05) is 6.92 Å². The van der Waals surface area contributed by atoms with Crippen LogP contribution in [0.3, 0.4) is 0 Å². The van der Waals surface area contributed by atoms with Gasteiger partial charge in [-0.15, -0.1) is 11.3 Å². The minimum absolute atomic E-state index is 0.0206. The molecule has 0 atom stereocenters. The van der Waals surface area contributed by atoms with Crippen LogP contribution < -0.4 is 0 Å². The lowest BCUT2D eigenvalue weighted by Crippen LogP contribution is -1.95. The number of rotatable bonds is 3. The van der Waals surface area contributed by atoms with Crippen LogP contribution in [0.5, 0.6) is 0 Å². The zero-order chi connectivity index (χ0) is 10.8. The van der Waals surface area contributed by atoms with E-state index in [-0.39, 0.29) is 5.78 Å². The lowest BCUT2D eigenvalue weighted by molar-refractivity contribution is 0.101. The van der Waals surface area contributed by atoms with Crippen molar-refractivity contribution in [3.63, 3.8) is 0 Å². The molecule has 78 valence electrons. The molecule has 2 nitrogen and oxygen atoms in total. The number of carbonyl (C=O) groups is 1. The number of carbonyl (C=O) groups excluding carboxylic acids is 1. The number of thiophene rings is 1. The van der Waals surface area contributed by atoms with Gasteiger partial charge in [-0.05, 0) is 36.1 Å². The van der Waals surface area contributed by atoms with Crippen LogP contribution in [0.15, 0.2) is 28.0 Å². The van der Waals surface area contributed by atoms with Gasteiger partial charge in [-0.2, -0.15) is 0 Å².